The molecular formula is C26H31N5O2S. The largest absolute Gasteiger partial charge is 0.349 e. The molecule has 0 fully saturated rings. The van der Waals surface area contributed by atoms with Crippen molar-refractivity contribution >= 4 is 34.3 Å². The number of amides is 1. The van der Waals surface area contributed by atoms with E-state index >= 15 is 0 Å². The Balaban J connectivity index is 1.56. The van der Waals surface area contributed by atoms with Gasteiger partial charge in [0.05, 0.1) is 22.7 Å². The number of nitrogens with one attached hydrogen (secondary N) is 1. The summed E-state index contributed by atoms with van der Waals surface area (Å²) in [4.78, 5) is 25.8. The third kappa shape index (κ3) is 5.01. The molecule has 178 valence electrons. The summed E-state index contributed by atoms with van der Waals surface area (Å²) < 4.78 is 3.59. The highest BCUT2D eigenvalue weighted by Crippen LogP contribution is 2.22. The van der Waals surface area contributed by atoms with Gasteiger partial charge in [-0.1, -0.05) is 68.9 Å². The molecule has 0 spiro atoms. The van der Waals surface area contributed by atoms with Gasteiger partial charge in [0.2, 0.25) is 11.7 Å². The molecule has 2 aromatic carbocycles. The van der Waals surface area contributed by atoms with Crippen LogP contribution in [0.5, 0.6) is 0 Å². The number of nitrogens with zero attached hydrogens (tertiary/aromatic N) is 4. The van der Waals surface area contributed by atoms with Crippen LogP contribution >= 0.6 is 11.8 Å². The van der Waals surface area contributed by atoms with E-state index in [2.05, 4.69) is 60.6 Å². The Hall–Kier alpha value is -3.13. The smallest absolute Gasteiger partial charge is 0.262 e. The first-order valence-electron chi connectivity index (χ1n) is 11.8. The minimum Gasteiger partial charge on any atom is -0.349 e. The third-order valence-corrected chi connectivity index (χ3v) is 6.94. The molecule has 2 aromatic heterocycles. The number of hydrogen-bond acceptors (Lipinski definition) is 5. The molecule has 2 heterocycles. The molecule has 1 N–H and O–H groups in total. The molecule has 0 saturated carbocycles. The molecule has 0 aliphatic rings. The van der Waals surface area contributed by atoms with Gasteiger partial charge in [0, 0.05) is 6.54 Å². The lowest BCUT2D eigenvalue weighted by Crippen LogP contribution is -2.28. The lowest BCUT2D eigenvalue weighted by atomic mass is 10.1. The van der Waals surface area contributed by atoms with E-state index in [1.165, 1.54) is 17.3 Å². The molecule has 1 atom stereocenters. The van der Waals surface area contributed by atoms with E-state index in [1.54, 1.807) is 4.57 Å². The second-order valence-electron chi connectivity index (χ2n) is 8.95. The summed E-state index contributed by atoms with van der Waals surface area (Å²) >= 11 is 1.32. The van der Waals surface area contributed by atoms with E-state index in [9.17, 15) is 9.59 Å². The Bertz CT molecular complexity index is 1360. The van der Waals surface area contributed by atoms with E-state index in [1.807, 2.05) is 35.6 Å². The van der Waals surface area contributed by atoms with Crippen molar-refractivity contribution in [1.29, 1.82) is 0 Å². The summed E-state index contributed by atoms with van der Waals surface area (Å²) in [5.74, 6) is 1.10. The fraction of sp³-hybridized carbons (Fsp3) is 0.385. The summed E-state index contributed by atoms with van der Waals surface area (Å²) in [7, 11) is 0. The van der Waals surface area contributed by atoms with Crippen molar-refractivity contribution in [1.82, 2.24) is 24.5 Å². The fourth-order valence-electron chi connectivity index (χ4n) is 3.95. The summed E-state index contributed by atoms with van der Waals surface area (Å²) in [5, 5.41) is 13.0. The van der Waals surface area contributed by atoms with Crippen LogP contribution < -0.4 is 10.9 Å². The average Bonchev–Trinajstić information content (AvgIpc) is 3.26. The van der Waals surface area contributed by atoms with Gasteiger partial charge >= 0.3 is 0 Å². The highest BCUT2D eigenvalue weighted by atomic mass is 32.2. The highest BCUT2D eigenvalue weighted by molar-refractivity contribution is 7.99. The van der Waals surface area contributed by atoms with Crippen LogP contribution in [0.4, 0.5) is 0 Å². The van der Waals surface area contributed by atoms with E-state index in [0.717, 1.165) is 23.9 Å². The molecule has 7 nitrogen and oxygen atoms in total. The highest BCUT2D eigenvalue weighted by Gasteiger charge is 2.18. The first-order valence-corrected chi connectivity index (χ1v) is 12.7. The van der Waals surface area contributed by atoms with Gasteiger partial charge in [-0.3, -0.25) is 18.6 Å². The summed E-state index contributed by atoms with van der Waals surface area (Å²) in [5.41, 5.74) is 3.04. The van der Waals surface area contributed by atoms with Crippen molar-refractivity contribution in [3.05, 3.63) is 70.0 Å². The van der Waals surface area contributed by atoms with Gasteiger partial charge in [0.25, 0.3) is 5.56 Å². The quantitative estimate of drug-likeness (QED) is 0.356. The number of aryl methyl sites for hydroxylation is 2. The molecule has 0 radical (unpaired) electrons. The fourth-order valence-corrected chi connectivity index (χ4v) is 4.71. The van der Waals surface area contributed by atoms with Crippen LogP contribution in [0.1, 0.15) is 51.3 Å². The minimum absolute atomic E-state index is 0.0617. The Labute approximate surface area is 203 Å². The van der Waals surface area contributed by atoms with Crippen molar-refractivity contribution in [3.8, 4) is 0 Å². The molecule has 4 aromatic rings. The first kappa shape index (κ1) is 24.0. The zero-order chi connectivity index (χ0) is 24.2. The third-order valence-electron chi connectivity index (χ3n) is 6.01. The van der Waals surface area contributed by atoms with E-state index < -0.39 is 0 Å². The monoisotopic (exact) mass is 477 g/mol. The van der Waals surface area contributed by atoms with E-state index in [4.69, 9.17) is 0 Å². The summed E-state index contributed by atoms with van der Waals surface area (Å²) in [6.07, 6.45) is 1.85. The number of carbonyl (C=O) groups is 1. The molecule has 0 aliphatic carbocycles. The number of carbonyl (C=O) groups excluding carboxylic acids is 1. The second kappa shape index (κ2) is 10.4. The standard InChI is InChI=1S/C26H31N5O2S/c1-5-19-10-12-20(13-11-19)18(4)27-23(32)16-34-26-29-28-25-30(15-14-17(2)3)24(33)21-8-6-7-9-22(21)31(25)26/h6-13,17-18H,5,14-16H2,1-4H3,(H,27,32). The zero-order valence-electron chi connectivity index (χ0n) is 20.1. The van der Waals surface area contributed by atoms with Crippen LogP contribution in [0.25, 0.3) is 16.7 Å². The van der Waals surface area contributed by atoms with Gasteiger partial charge < -0.3 is 5.32 Å². The Morgan fingerprint density at radius 2 is 1.79 bits per heavy atom. The van der Waals surface area contributed by atoms with Gasteiger partial charge in [0.1, 0.15) is 0 Å². The predicted octanol–water partition coefficient (Wildman–Crippen LogP) is 4.62. The van der Waals surface area contributed by atoms with Crippen LogP contribution in [-0.2, 0) is 17.8 Å². The number of para-hydroxylation sites is 1. The summed E-state index contributed by atoms with van der Waals surface area (Å²) in [6.45, 7) is 8.94. The van der Waals surface area contributed by atoms with Crippen LogP contribution in [0.3, 0.4) is 0 Å². The van der Waals surface area contributed by atoms with Crippen LogP contribution in [0.15, 0.2) is 58.5 Å². The van der Waals surface area contributed by atoms with E-state index in [-0.39, 0.29) is 23.3 Å². The number of aromatic nitrogens is 4. The Morgan fingerprint density at radius 3 is 2.50 bits per heavy atom. The van der Waals surface area contributed by atoms with Crippen LogP contribution in [0, 0.1) is 5.92 Å². The predicted molar refractivity (Wildman–Crippen MR) is 137 cm³/mol. The molecule has 0 bridgehead atoms. The van der Waals surface area contributed by atoms with Crippen molar-refractivity contribution in [2.45, 2.75) is 58.3 Å². The molecule has 0 aliphatic heterocycles. The maximum absolute atomic E-state index is 13.1. The van der Waals surface area contributed by atoms with Gasteiger partial charge in [-0.25, -0.2) is 0 Å². The Kier molecular flexibility index (Phi) is 7.36. The van der Waals surface area contributed by atoms with Crippen molar-refractivity contribution in [3.63, 3.8) is 0 Å². The SMILES string of the molecule is CCc1ccc(C(C)NC(=O)CSc2nnc3n(CCC(C)C)c(=O)c4ccccc4n23)cc1. The molecule has 1 amide bonds. The first-order chi connectivity index (χ1) is 16.4. The lowest BCUT2D eigenvalue weighted by Gasteiger charge is -2.15. The molecule has 4 rings (SSSR count). The number of benzene rings is 2. The maximum atomic E-state index is 13.1. The van der Waals surface area contributed by atoms with Crippen LogP contribution in [-0.4, -0.2) is 30.8 Å². The number of fused-ring (bicyclic) bond motifs is 3. The number of hydrogen-bond donors (Lipinski definition) is 1. The normalized spacial score (nSPS) is 12.5. The Morgan fingerprint density at radius 1 is 1.06 bits per heavy atom. The van der Waals surface area contributed by atoms with Gasteiger partial charge in [0.15, 0.2) is 5.16 Å². The van der Waals surface area contributed by atoms with Crippen molar-refractivity contribution < 1.29 is 4.79 Å². The molecule has 34 heavy (non-hydrogen) atoms. The molecule has 0 saturated heterocycles. The van der Waals surface area contributed by atoms with Crippen molar-refractivity contribution in [2.24, 2.45) is 5.92 Å². The average molecular weight is 478 g/mol. The van der Waals surface area contributed by atoms with E-state index in [0.29, 0.717) is 28.8 Å². The van der Waals surface area contributed by atoms with Gasteiger partial charge in [-0.2, -0.15) is 0 Å². The topological polar surface area (TPSA) is 81.3 Å². The zero-order valence-corrected chi connectivity index (χ0v) is 20.9. The van der Waals surface area contributed by atoms with Crippen molar-refractivity contribution in [2.75, 3.05) is 5.75 Å². The van der Waals surface area contributed by atoms with Crippen LogP contribution in [0.2, 0.25) is 0 Å². The molecular weight excluding hydrogens is 446 g/mol. The summed E-state index contributed by atoms with van der Waals surface area (Å²) in [6, 6.07) is 15.7. The number of rotatable bonds is 9. The second-order valence-corrected chi connectivity index (χ2v) is 9.89. The lowest BCUT2D eigenvalue weighted by molar-refractivity contribution is -0.119. The maximum Gasteiger partial charge on any atom is 0.262 e. The number of thioether (sulfide) groups is 1. The minimum atomic E-state index is -0.0869. The van der Waals surface area contributed by atoms with Gasteiger partial charge in [-0.05, 0) is 48.9 Å². The molecule has 8 heteroatoms. The molecule has 1 unspecified atom stereocenters. The van der Waals surface area contributed by atoms with Gasteiger partial charge in [-0.15, -0.1) is 10.2 Å².